The Morgan fingerprint density at radius 1 is 1.21 bits per heavy atom. The van der Waals surface area contributed by atoms with Gasteiger partial charge in [0.15, 0.2) is 0 Å². The highest BCUT2D eigenvalue weighted by Gasteiger charge is 2.14. The van der Waals surface area contributed by atoms with Crippen molar-refractivity contribution in [2.75, 3.05) is 0 Å². The fraction of sp³-hybridized carbons (Fsp3) is 0. The minimum Gasteiger partial charge on any atom is -0.478 e. The summed E-state index contributed by atoms with van der Waals surface area (Å²) in [5.74, 6) is -1.14. The van der Waals surface area contributed by atoms with Crippen molar-refractivity contribution in [1.82, 2.24) is 0 Å². The number of rotatable bonds is 3. The number of ether oxygens (including phenoxy) is 1. The summed E-state index contributed by atoms with van der Waals surface area (Å²) in [6.45, 7) is 0. The summed E-state index contributed by atoms with van der Waals surface area (Å²) in [6.07, 6.45) is 0. The Morgan fingerprint density at radius 2 is 1.89 bits per heavy atom. The van der Waals surface area contributed by atoms with Crippen molar-refractivity contribution in [2.45, 2.75) is 0 Å². The number of carboxylic acids is 1. The monoisotopic (exact) mass is 344 g/mol. The van der Waals surface area contributed by atoms with Crippen molar-refractivity contribution >= 4 is 33.5 Å². The molecule has 6 heteroatoms. The van der Waals surface area contributed by atoms with E-state index in [1.165, 1.54) is 36.4 Å². The Morgan fingerprint density at radius 3 is 2.53 bits per heavy atom. The Balaban J connectivity index is 2.40. The van der Waals surface area contributed by atoms with Gasteiger partial charge in [0.05, 0.1) is 4.47 Å². The van der Waals surface area contributed by atoms with Crippen LogP contribution in [-0.4, -0.2) is 11.1 Å². The highest BCUT2D eigenvalue weighted by atomic mass is 79.9. The zero-order valence-corrected chi connectivity index (χ0v) is 11.7. The number of hydrogen-bond donors (Lipinski definition) is 1. The maximum absolute atomic E-state index is 12.9. The molecule has 0 aliphatic heterocycles. The summed E-state index contributed by atoms with van der Waals surface area (Å²) in [4.78, 5) is 11.1. The molecule has 0 spiro atoms. The van der Waals surface area contributed by atoms with Gasteiger partial charge in [-0.2, -0.15) is 0 Å². The van der Waals surface area contributed by atoms with Gasteiger partial charge in [-0.1, -0.05) is 11.6 Å². The van der Waals surface area contributed by atoms with Crippen molar-refractivity contribution in [3.63, 3.8) is 0 Å². The second-order valence-electron chi connectivity index (χ2n) is 3.62. The van der Waals surface area contributed by atoms with Gasteiger partial charge in [-0.3, -0.25) is 0 Å². The molecule has 2 aromatic carbocycles. The van der Waals surface area contributed by atoms with Crippen LogP contribution in [0, 0.1) is 5.82 Å². The van der Waals surface area contributed by atoms with Crippen LogP contribution in [0.4, 0.5) is 4.39 Å². The van der Waals surface area contributed by atoms with Crippen molar-refractivity contribution in [1.29, 1.82) is 0 Å². The van der Waals surface area contributed by atoms with Gasteiger partial charge in [-0.05, 0) is 52.3 Å². The number of hydrogen-bond acceptors (Lipinski definition) is 2. The van der Waals surface area contributed by atoms with Gasteiger partial charge in [0, 0.05) is 5.02 Å². The summed E-state index contributed by atoms with van der Waals surface area (Å²) < 4.78 is 18.8. The van der Waals surface area contributed by atoms with E-state index in [9.17, 15) is 9.18 Å². The van der Waals surface area contributed by atoms with Crippen molar-refractivity contribution < 1.29 is 19.0 Å². The number of aromatic carboxylic acids is 1. The van der Waals surface area contributed by atoms with E-state index >= 15 is 0 Å². The van der Waals surface area contributed by atoms with Crippen LogP contribution in [0.5, 0.6) is 11.5 Å². The van der Waals surface area contributed by atoms with Crippen molar-refractivity contribution in [3.8, 4) is 11.5 Å². The van der Waals surface area contributed by atoms with Crippen LogP contribution in [-0.2, 0) is 0 Å². The van der Waals surface area contributed by atoms with E-state index < -0.39 is 11.8 Å². The molecule has 0 amide bonds. The molecule has 0 saturated carbocycles. The van der Waals surface area contributed by atoms with E-state index in [1.54, 1.807) is 0 Å². The Labute approximate surface area is 121 Å². The molecule has 0 bridgehead atoms. The normalized spacial score (nSPS) is 10.3. The van der Waals surface area contributed by atoms with Gasteiger partial charge in [0.1, 0.15) is 22.9 Å². The van der Waals surface area contributed by atoms with Crippen molar-refractivity contribution in [3.05, 3.63) is 57.3 Å². The fourth-order valence-electron chi connectivity index (χ4n) is 1.43. The van der Waals surface area contributed by atoms with Crippen LogP contribution >= 0.6 is 27.5 Å². The second-order valence-corrected chi connectivity index (χ2v) is 4.91. The summed E-state index contributed by atoms with van der Waals surface area (Å²) in [5.41, 5.74) is -0.0660. The molecule has 3 nitrogen and oxygen atoms in total. The van der Waals surface area contributed by atoms with Gasteiger partial charge in [-0.25, -0.2) is 9.18 Å². The fourth-order valence-corrected chi connectivity index (χ4v) is 2.04. The molecule has 0 saturated heterocycles. The van der Waals surface area contributed by atoms with Gasteiger partial charge >= 0.3 is 5.97 Å². The van der Waals surface area contributed by atoms with Crippen LogP contribution in [0.25, 0.3) is 0 Å². The number of halogens is 3. The van der Waals surface area contributed by atoms with Gasteiger partial charge in [0.2, 0.25) is 0 Å². The first-order valence-corrected chi connectivity index (χ1v) is 6.30. The van der Waals surface area contributed by atoms with Crippen LogP contribution in [0.1, 0.15) is 10.4 Å². The lowest BCUT2D eigenvalue weighted by Gasteiger charge is -2.10. The quantitative estimate of drug-likeness (QED) is 0.874. The average molecular weight is 346 g/mol. The van der Waals surface area contributed by atoms with Crippen molar-refractivity contribution in [2.24, 2.45) is 0 Å². The zero-order valence-electron chi connectivity index (χ0n) is 9.36. The number of benzene rings is 2. The molecule has 0 aromatic heterocycles. The molecule has 0 aliphatic carbocycles. The standard InChI is InChI=1S/C13H7BrClFO3/c14-10-6-8(16)2-4-12(10)19-11-3-1-7(15)5-9(11)13(17)18/h1-6H,(H,17,18). The molecule has 0 fully saturated rings. The molecular formula is C13H7BrClFO3. The minimum absolute atomic E-state index is 0.0660. The zero-order chi connectivity index (χ0) is 14.0. The number of carbonyl (C=O) groups is 1. The molecule has 0 atom stereocenters. The third-order valence-electron chi connectivity index (χ3n) is 2.29. The summed E-state index contributed by atoms with van der Waals surface area (Å²) in [5, 5.41) is 9.37. The first-order valence-electron chi connectivity index (χ1n) is 5.13. The van der Waals surface area contributed by atoms with Crippen LogP contribution < -0.4 is 4.74 Å². The predicted molar refractivity (Wildman–Crippen MR) is 72.6 cm³/mol. The summed E-state index contributed by atoms with van der Waals surface area (Å²) in [7, 11) is 0. The molecule has 0 heterocycles. The maximum atomic E-state index is 12.9. The molecule has 0 aliphatic rings. The molecule has 2 aromatic rings. The van der Waals surface area contributed by atoms with E-state index in [4.69, 9.17) is 21.4 Å². The predicted octanol–water partition coefficient (Wildman–Crippen LogP) is 4.73. The topological polar surface area (TPSA) is 46.5 Å². The second kappa shape index (κ2) is 5.59. The summed E-state index contributed by atoms with van der Waals surface area (Å²) in [6, 6.07) is 8.10. The highest BCUT2D eigenvalue weighted by Crippen LogP contribution is 2.33. The third-order valence-corrected chi connectivity index (χ3v) is 3.14. The largest absolute Gasteiger partial charge is 0.478 e. The van der Waals surface area contributed by atoms with Crippen LogP contribution in [0.15, 0.2) is 40.9 Å². The molecule has 1 N–H and O–H groups in total. The lowest BCUT2D eigenvalue weighted by atomic mass is 10.2. The van der Waals surface area contributed by atoms with Crippen LogP contribution in [0.3, 0.4) is 0 Å². The van der Waals surface area contributed by atoms with E-state index in [-0.39, 0.29) is 11.3 Å². The highest BCUT2D eigenvalue weighted by molar-refractivity contribution is 9.10. The lowest BCUT2D eigenvalue weighted by molar-refractivity contribution is 0.0694. The Hall–Kier alpha value is -1.59. The van der Waals surface area contributed by atoms with Crippen LogP contribution in [0.2, 0.25) is 5.02 Å². The number of carboxylic acid groups (broad SMARTS) is 1. The molecule has 19 heavy (non-hydrogen) atoms. The minimum atomic E-state index is -1.16. The van der Waals surface area contributed by atoms with E-state index in [0.717, 1.165) is 0 Å². The van der Waals surface area contributed by atoms with E-state index in [1.807, 2.05) is 0 Å². The Kier molecular flexibility index (Phi) is 4.07. The first kappa shape index (κ1) is 13.8. The average Bonchev–Trinajstić information content (AvgIpc) is 2.34. The molecular weight excluding hydrogens is 338 g/mol. The molecule has 0 radical (unpaired) electrons. The first-order chi connectivity index (χ1) is 8.97. The van der Waals surface area contributed by atoms with Gasteiger partial charge < -0.3 is 9.84 Å². The molecule has 2 rings (SSSR count). The Bertz CT molecular complexity index is 646. The maximum Gasteiger partial charge on any atom is 0.339 e. The molecule has 0 unspecified atom stereocenters. The van der Waals surface area contributed by atoms with E-state index in [0.29, 0.717) is 15.2 Å². The lowest BCUT2D eigenvalue weighted by Crippen LogP contribution is -2.00. The third kappa shape index (κ3) is 3.24. The van der Waals surface area contributed by atoms with Gasteiger partial charge in [-0.15, -0.1) is 0 Å². The van der Waals surface area contributed by atoms with Gasteiger partial charge in [0.25, 0.3) is 0 Å². The molecule has 98 valence electrons. The SMILES string of the molecule is O=C(O)c1cc(Cl)ccc1Oc1ccc(F)cc1Br. The smallest absolute Gasteiger partial charge is 0.339 e. The summed E-state index contributed by atoms with van der Waals surface area (Å²) >= 11 is 8.88. The van der Waals surface area contributed by atoms with E-state index in [2.05, 4.69) is 15.9 Å².